The Balaban J connectivity index is 1.85. The summed E-state index contributed by atoms with van der Waals surface area (Å²) in [7, 11) is 0. The molecule has 7 heteroatoms. The van der Waals surface area contributed by atoms with Gasteiger partial charge < -0.3 is 10.4 Å². The molecule has 3 heterocycles. The lowest BCUT2D eigenvalue weighted by Gasteiger charge is -2.24. The molecule has 4 aromatic rings. The maximum absolute atomic E-state index is 6.54. The fourth-order valence-corrected chi connectivity index (χ4v) is 4.34. The van der Waals surface area contributed by atoms with Gasteiger partial charge in [0, 0.05) is 28.3 Å². The number of nitrogens with zero attached hydrogens (tertiary/aromatic N) is 4. The van der Waals surface area contributed by atoms with Gasteiger partial charge in [-0.15, -0.1) is 0 Å². The van der Waals surface area contributed by atoms with E-state index in [1.807, 2.05) is 27.7 Å². The van der Waals surface area contributed by atoms with E-state index in [2.05, 4.69) is 27.5 Å². The maximum Gasteiger partial charge on any atom is 0.141 e. The van der Waals surface area contributed by atoms with Crippen molar-refractivity contribution in [2.45, 2.75) is 52.9 Å². The largest absolute Gasteiger partial charge is 0.361 e. The first kappa shape index (κ1) is 17.0. The number of aryl methyl sites for hydroxylation is 4. The highest BCUT2D eigenvalue weighted by Crippen LogP contribution is 2.41. The van der Waals surface area contributed by atoms with Gasteiger partial charge in [0.2, 0.25) is 0 Å². The topological polar surface area (TPSA) is 98.5 Å². The summed E-state index contributed by atoms with van der Waals surface area (Å²) in [4.78, 5) is 5.00. The van der Waals surface area contributed by atoms with Crippen molar-refractivity contribution in [1.82, 2.24) is 25.0 Å². The average molecular weight is 376 g/mol. The Morgan fingerprint density at radius 3 is 2.46 bits per heavy atom. The highest BCUT2D eigenvalue weighted by molar-refractivity contribution is 5.98. The molecule has 0 unspecified atom stereocenters. The Bertz CT molecular complexity index is 1170. The van der Waals surface area contributed by atoms with Gasteiger partial charge in [-0.2, -0.15) is 5.10 Å². The van der Waals surface area contributed by atoms with Gasteiger partial charge in [0.15, 0.2) is 0 Å². The van der Waals surface area contributed by atoms with E-state index in [9.17, 15) is 0 Å². The van der Waals surface area contributed by atoms with Crippen molar-refractivity contribution in [2.75, 3.05) is 5.84 Å². The second kappa shape index (κ2) is 5.95. The van der Waals surface area contributed by atoms with E-state index in [1.165, 1.54) is 6.42 Å². The molecule has 1 saturated carbocycles. The Morgan fingerprint density at radius 2 is 1.89 bits per heavy atom. The summed E-state index contributed by atoms with van der Waals surface area (Å²) in [6.45, 7) is 7.95. The van der Waals surface area contributed by atoms with Crippen LogP contribution in [0.25, 0.3) is 33.3 Å². The van der Waals surface area contributed by atoms with Crippen molar-refractivity contribution < 1.29 is 4.52 Å². The quantitative estimate of drug-likeness (QED) is 0.520. The molecule has 0 bridgehead atoms. The van der Waals surface area contributed by atoms with Gasteiger partial charge in [0.1, 0.15) is 11.6 Å². The summed E-state index contributed by atoms with van der Waals surface area (Å²) in [5.41, 5.74) is 8.85. The third-order valence-corrected chi connectivity index (χ3v) is 6.01. The molecule has 3 N–H and O–H groups in total. The predicted molar refractivity (Wildman–Crippen MR) is 109 cm³/mol. The van der Waals surface area contributed by atoms with Gasteiger partial charge in [-0.25, -0.2) is 9.66 Å². The number of hydrogen-bond donors (Lipinski definition) is 2. The summed E-state index contributed by atoms with van der Waals surface area (Å²) < 4.78 is 7.19. The number of rotatable bonds is 3. The first-order chi connectivity index (χ1) is 13.5. The minimum Gasteiger partial charge on any atom is -0.361 e. The molecule has 3 aromatic heterocycles. The maximum atomic E-state index is 6.54. The number of aromatic amines is 1. The van der Waals surface area contributed by atoms with E-state index in [-0.39, 0.29) is 0 Å². The second-order valence-corrected chi connectivity index (χ2v) is 7.87. The zero-order valence-electron chi connectivity index (χ0n) is 16.6. The van der Waals surface area contributed by atoms with Gasteiger partial charge >= 0.3 is 0 Å². The van der Waals surface area contributed by atoms with E-state index in [1.54, 1.807) is 4.68 Å². The Morgan fingerprint density at radius 1 is 1.11 bits per heavy atom. The van der Waals surface area contributed by atoms with Crippen molar-refractivity contribution in [3.63, 3.8) is 0 Å². The van der Waals surface area contributed by atoms with Crippen molar-refractivity contribution in [3.05, 3.63) is 40.8 Å². The highest BCUT2D eigenvalue weighted by Gasteiger charge is 2.27. The predicted octanol–water partition coefficient (Wildman–Crippen LogP) is 4.30. The van der Waals surface area contributed by atoms with Crippen LogP contribution in [0.4, 0.5) is 0 Å². The van der Waals surface area contributed by atoms with E-state index >= 15 is 0 Å². The minimum absolute atomic E-state index is 0.444. The number of fused-ring (bicyclic) bond motifs is 1. The zero-order valence-corrected chi connectivity index (χ0v) is 16.6. The molecule has 144 valence electrons. The van der Waals surface area contributed by atoms with Gasteiger partial charge in [0.25, 0.3) is 0 Å². The monoisotopic (exact) mass is 376 g/mol. The minimum atomic E-state index is 0.444. The molecule has 0 radical (unpaired) electrons. The van der Waals surface area contributed by atoms with Crippen LogP contribution in [0.15, 0.2) is 16.7 Å². The molecule has 1 aliphatic carbocycles. The van der Waals surface area contributed by atoms with E-state index < -0.39 is 0 Å². The van der Waals surface area contributed by atoms with Crippen LogP contribution in [-0.2, 0) is 0 Å². The summed E-state index contributed by atoms with van der Waals surface area (Å²) in [5, 5.41) is 11.6. The van der Waals surface area contributed by atoms with Crippen LogP contribution in [0.3, 0.4) is 0 Å². The standard InChI is InChI=1S/C21H24N6O/c1-10-18(11(2)25-24-10)16-8-15(19-12(3)26-28-13(19)4)9-17-20(16)23-21(27(17)22)14-6-5-7-14/h8-9,14H,5-7,22H2,1-4H3,(H,24,25). The van der Waals surface area contributed by atoms with Gasteiger partial charge in [-0.3, -0.25) is 5.10 Å². The van der Waals surface area contributed by atoms with Gasteiger partial charge in [0.05, 0.1) is 22.4 Å². The molecule has 1 fully saturated rings. The van der Waals surface area contributed by atoms with Crippen LogP contribution in [0, 0.1) is 27.7 Å². The molecule has 0 spiro atoms. The lowest BCUT2D eigenvalue weighted by atomic mass is 9.85. The van der Waals surface area contributed by atoms with Crippen molar-refractivity contribution in [3.8, 4) is 22.3 Å². The third kappa shape index (κ3) is 2.32. The smallest absolute Gasteiger partial charge is 0.141 e. The molecule has 0 atom stereocenters. The molecule has 7 nitrogen and oxygen atoms in total. The lowest BCUT2D eigenvalue weighted by molar-refractivity contribution is 0.393. The Kier molecular flexibility index (Phi) is 3.62. The molecular formula is C21H24N6O. The molecule has 1 aromatic carbocycles. The van der Waals surface area contributed by atoms with Crippen LogP contribution in [0.1, 0.15) is 53.8 Å². The van der Waals surface area contributed by atoms with Gasteiger partial charge in [-0.05, 0) is 58.2 Å². The lowest BCUT2D eigenvalue weighted by Crippen LogP contribution is -2.19. The normalized spacial score (nSPS) is 14.7. The molecular weight excluding hydrogens is 352 g/mol. The van der Waals surface area contributed by atoms with Gasteiger partial charge in [-0.1, -0.05) is 11.6 Å². The van der Waals surface area contributed by atoms with E-state index in [0.717, 1.165) is 74.8 Å². The number of benzene rings is 1. The van der Waals surface area contributed by atoms with Crippen molar-refractivity contribution >= 4 is 11.0 Å². The molecule has 0 amide bonds. The summed E-state index contributed by atoms with van der Waals surface area (Å²) in [6.07, 6.45) is 3.54. The third-order valence-electron chi connectivity index (χ3n) is 6.01. The number of nitrogens with one attached hydrogen (secondary N) is 1. The SMILES string of the molecule is Cc1n[nH]c(C)c1-c1cc(-c2c(C)noc2C)cc2c1nc(C1CCC1)n2N. The summed E-state index contributed by atoms with van der Waals surface area (Å²) in [5.74, 6) is 8.75. The second-order valence-electron chi connectivity index (χ2n) is 7.87. The number of nitrogens with two attached hydrogens (primary N) is 1. The first-order valence-electron chi connectivity index (χ1n) is 9.72. The first-order valence-corrected chi connectivity index (χ1v) is 9.72. The summed E-state index contributed by atoms with van der Waals surface area (Å²) in [6, 6.07) is 4.27. The summed E-state index contributed by atoms with van der Waals surface area (Å²) >= 11 is 0. The fourth-order valence-electron chi connectivity index (χ4n) is 4.34. The molecule has 5 rings (SSSR count). The highest BCUT2D eigenvalue weighted by atomic mass is 16.5. The Hall–Kier alpha value is -3.09. The molecule has 0 saturated heterocycles. The fraction of sp³-hybridized carbons (Fsp3) is 0.381. The number of hydrogen-bond acceptors (Lipinski definition) is 5. The van der Waals surface area contributed by atoms with Crippen LogP contribution < -0.4 is 5.84 Å². The Labute approximate surface area is 162 Å². The zero-order chi connectivity index (χ0) is 19.6. The molecule has 0 aliphatic heterocycles. The van der Waals surface area contributed by atoms with Crippen LogP contribution in [0.2, 0.25) is 0 Å². The van der Waals surface area contributed by atoms with Crippen LogP contribution in [0.5, 0.6) is 0 Å². The van der Waals surface area contributed by atoms with Crippen molar-refractivity contribution in [2.24, 2.45) is 0 Å². The number of H-pyrrole nitrogens is 1. The number of aromatic nitrogens is 5. The van der Waals surface area contributed by atoms with Crippen molar-refractivity contribution in [1.29, 1.82) is 0 Å². The average Bonchev–Trinajstić information content (AvgIpc) is 3.23. The molecule has 1 aliphatic rings. The number of imidazole rings is 1. The molecule has 28 heavy (non-hydrogen) atoms. The van der Waals surface area contributed by atoms with Crippen LogP contribution >= 0.6 is 0 Å². The van der Waals surface area contributed by atoms with E-state index in [4.69, 9.17) is 15.3 Å². The van der Waals surface area contributed by atoms with Crippen LogP contribution in [-0.4, -0.2) is 25.0 Å². The van der Waals surface area contributed by atoms with E-state index in [0.29, 0.717) is 5.92 Å². The number of nitrogen functional groups attached to an aromatic ring is 1.